The first-order chi connectivity index (χ1) is 9.20. The monoisotopic (exact) mass is 276 g/mol. The van der Waals surface area contributed by atoms with Gasteiger partial charge in [-0.15, -0.1) is 0 Å². The Hall–Kier alpha value is -1.91. The number of ether oxygens (including phenoxy) is 1. The first kappa shape index (κ1) is 13.5. The number of hydrogen-bond donors (Lipinski definition) is 1. The molecule has 0 spiro atoms. The van der Waals surface area contributed by atoms with Crippen LogP contribution in [0.15, 0.2) is 42.6 Å². The van der Waals surface area contributed by atoms with Crippen LogP contribution >= 0.6 is 11.6 Å². The van der Waals surface area contributed by atoms with E-state index in [0.29, 0.717) is 12.3 Å². The largest absolute Gasteiger partial charge is 0.423 e. The number of esters is 1. The molecule has 0 atom stereocenters. The summed E-state index contributed by atoms with van der Waals surface area (Å²) >= 11 is 5.83. The van der Waals surface area contributed by atoms with Gasteiger partial charge in [0.05, 0.1) is 5.56 Å². The zero-order chi connectivity index (χ0) is 13.7. The Labute approximate surface area is 116 Å². The predicted octanol–water partition coefficient (Wildman–Crippen LogP) is 2.46. The molecule has 4 nitrogen and oxygen atoms in total. The Morgan fingerprint density at radius 1 is 1.26 bits per heavy atom. The van der Waals surface area contributed by atoms with Crippen LogP contribution in [0.5, 0.6) is 5.75 Å². The molecule has 1 heterocycles. The van der Waals surface area contributed by atoms with E-state index < -0.39 is 5.97 Å². The number of pyridine rings is 1. The van der Waals surface area contributed by atoms with Crippen LogP contribution in [0.25, 0.3) is 0 Å². The van der Waals surface area contributed by atoms with Gasteiger partial charge in [0, 0.05) is 6.20 Å². The lowest BCUT2D eigenvalue weighted by Crippen LogP contribution is -2.09. The van der Waals surface area contributed by atoms with Crippen molar-refractivity contribution in [3.05, 3.63) is 58.9 Å². The molecular formula is C14H13ClN2O2. The van der Waals surface area contributed by atoms with Crippen molar-refractivity contribution >= 4 is 17.6 Å². The molecule has 0 saturated carbocycles. The molecule has 0 radical (unpaired) electrons. The molecule has 98 valence electrons. The normalized spacial score (nSPS) is 10.2. The molecule has 2 N–H and O–H groups in total. The molecule has 0 amide bonds. The first-order valence-electron chi connectivity index (χ1n) is 5.82. The average molecular weight is 277 g/mol. The number of carbonyl (C=O) groups excluding carboxylic acids is 1. The standard InChI is InChI=1S/C14H13ClN2O2/c15-13-12(2-1-9-17-13)14(18)19-11-5-3-10(4-6-11)7-8-16/h1-6,9H,7-8,16H2. The van der Waals surface area contributed by atoms with E-state index in [1.807, 2.05) is 12.1 Å². The number of halogens is 1. The van der Waals surface area contributed by atoms with Gasteiger partial charge in [-0.05, 0) is 42.8 Å². The van der Waals surface area contributed by atoms with Crippen molar-refractivity contribution in [2.45, 2.75) is 6.42 Å². The molecule has 1 aromatic carbocycles. The van der Waals surface area contributed by atoms with E-state index in [1.54, 1.807) is 24.3 Å². The summed E-state index contributed by atoms with van der Waals surface area (Å²) in [6.07, 6.45) is 2.31. The summed E-state index contributed by atoms with van der Waals surface area (Å²) < 4.78 is 5.22. The first-order valence-corrected chi connectivity index (χ1v) is 6.20. The Morgan fingerprint density at radius 2 is 2.00 bits per heavy atom. The minimum atomic E-state index is -0.523. The highest BCUT2D eigenvalue weighted by Gasteiger charge is 2.12. The van der Waals surface area contributed by atoms with Crippen LogP contribution in [0.3, 0.4) is 0 Å². The van der Waals surface area contributed by atoms with Crippen molar-refractivity contribution in [1.82, 2.24) is 4.98 Å². The van der Waals surface area contributed by atoms with E-state index in [4.69, 9.17) is 22.1 Å². The second-order valence-corrected chi connectivity index (χ2v) is 4.27. The average Bonchev–Trinajstić information content (AvgIpc) is 2.42. The maximum atomic E-state index is 11.9. The molecular weight excluding hydrogens is 264 g/mol. The number of aromatic nitrogens is 1. The van der Waals surface area contributed by atoms with E-state index in [0.717, 1.165) is 12.0 Å². The summed E-state index contributed by atoms with van der Waals surface area (Å²) in [5.74, 6) is -0.0598. The van der Waals surface area contributed by atoms with Crippen LogP contribution in [-0.2, 0) is 6.42 Å². The summed E-state index contributed by atoms with van der Waals surface area (Å²) in [4.78, 5) is 15.7. The molecule has 1 aromatic heterocycles. The van der Waals surface area contributed by atoms with Gasteiger partial charge < -0.3 is 10.5 Å². The third kappa shape index (κ3) is 3.53. The van der Waals surface area contributed by atoms with Crippen molar-refractivity contribution in [1.29, 1.82) is 0 Å². The number of carbonyl (C=O) groups is 1. The highest BCUT2D eigenvalue weighted by molar-refractivity contribution is 6.32. The molecule has 0 bridgehead atoms. The Bertz CT molecular complexity index is 570. The summed E-state index contributed by atoms with van der Waals surface area (Å²) in [5, 5.41) is 0.132. The molecule has 5 heteroatoms. The van der Waals surface area contributed by atoms with Gasteiger partial charge in [-0.3, -0.25) is 0 Å². The van der Waals surface area contributed by atoms with Gasteiger partial charge in [-0.25, -0.2) is 9.78 Å². The highest BCUT2D eigenvalue weighted by Crippen LogP contribution is 2.17. The molecule has 2 aromatic rings. The van der Waals surface area contributed by atoms with Crippen LogP contribution in [0, 0.1) is 0 Å². The van der Waals surface area contributed by atoms with Gasteiger partial charge in [-0.1, -0.05) is 23.7 Å². The van der Waals surface area contributed by atoms with Crippen LogP contribution < -0.4 is 10.5 Å². The fraction of sp³-hybridized carbons (Fsp3) is 0.143. The van der Waals surface area contributed by atoms with Crippen molar-refractivity contribution in [2.24, 2.45) is 5.73 Å². The van der Waals surface area contributed by atoms with Crippen LogP contribution in [0.1, 0.15) is 15.9 Å². The molecule has 0 aliphatic heterocycles. The van der Waals surface area contributed by atoms with Crippen LogP contribution in [0.2, 0.25) is 5.15 Å². The van der Waals surface area contributed by atoms with Gasteiger partial charge in [-0.2, -0.15) is 0 Å². The van der Waals surface area contributed by atoms with E-state index in [1.165, 1.54) is 6.20 Å². The molecule has 19 heavy (non-hydrogen) atoms. The third-order valence-corrected chi connectivity index (χ3v) is 2.85. The van der Waals surface area contributed by atoms with Crippen molar-refractivity contribution in [3.63, 3.8) is 0 Å². The third-order valence-electron chi connectivity index (χ3n) is 2.55. The Morgan fingerprint density at radius 3 is 2.63 bits per heavy atom. The Balaban J connectivity index is 2.09. The zero-order valence-corrected chi connectivity index (χ0v) is 10.9. The van der Waals surface area contributed by atoms with E-state index in [2.05, 4.69) is 4.98 Å². The lowest BCUT2D eigenvalue weighted by molar-refractivity contribution is 0.0734. The van der Waals surface area contributed by atoms with Crippen LogP contribution in [-0.4, -0.2) is 17.5 Å². The Kier molecular flexibility index (Phi) is 4.49. The topological polar surface area (TPSA) is 65.2 Å². The number of hydrogen-bond acceptors (Lipinski definition) is 4. The van der Waals surface area contributed by atoms with Crippen LogP contribution in [0.4, 0.5) is 0 Å². The number of benzene rings is 1. The molecule has 2 rings (SSSR count). The van der Waals surface area contributed by atoms with Crippen molar-refractivity contribution in [3.8, 4) is 5.75 Å². The predicted molar refractivity (Wildman–Crippen MR) is 73.4 cm³/mol. The number of nitrogens with two attached hydrogens (primary N) is 1. The van der Waals surface area contributed by atoms with Gasteiger partial charge in [0.25, 0.3) is 0 Å². The fourth-order valence-electron chi connectivity index (χ4n) is 1.59. The SMILES string of the molecule is NCCc1ccc(OC(=O)c2cccnc2Cl)cc1. The molecule has 0 fully saturated rings. The van der Waals surface area contributed by atoms with Gasteiger partial charge >= 0.3 is 5.97 Å². The molecule has 0 aliphatic rings. The fourth-order valence-corrected chi connectivity index (χ4v) is 1.79. The maximum Gasteiger partial charge on any atom is 0.346 e. The van der Waals surface area contributed by atoms with E-state index in [9.17, 15) is 4.79 Å². The molecule has 0 unspecified atom stereocenters. The lowest BCUT2D eigenvalue weighted by atomic mass is 10.1. The minimum absolute atomic E-state index is 0.132. The summed E-state index contributed by atoms with van der Waals surface area (Å²) in [6, 6.07) is 10.4. The smallest absolute Gasteiger partial charge is 0.346 e. The second kappa shape index (κ2) is 6.31. The minimum Gasteiger partial charge on any atom is -0.423 e. The molecule has 0 aliphatic carbocycles. The number of rotatable bonds is 4. The highest BCUT2D eigenvalue weighted by atomic mass is 35.5. The van der Waals surface area contributed by atoms with Gasteiger partial charge in [0.15, 0.2) is 0 Å². The second-order valence-electron chi connectivity index (χ2n) is 3.91. The van der Waals surface area contributed by atoms with Gasteiger partial charge in [0.1, 0.15) is 10.9 Å². The summed E-state index contributed by atoms with van der Waals surface area (Å²) in [5.41, 5.74) is 6.81. The summed E-state index contributed by atoms with van der Waals surface area (Å²) in [7, 11) is 0. The van der Waals surface area contributed by atoms with E-state index >= 15 is 0 Å². The summed E-state index contributed by atoms with van der Waals surface area (Å²) in [6.45, 7) is 0.588. The zero-order valence-electron chi connectivity index (χ0n) is 10.2. The molecule has 0 saturated heterocycles. The van der Waals surface area contributed by atoms with Gasteiger partial charge in [0.2, 0.25) is 0 Å². The quantitative estimate of drug-likeness (QED) is 0.529. The van der Waals surface area contributed by atoms with E-state index in [-0.39, 0.29) is 10.7 Å². The lowest BCUT2D eigenvalue weighted by Gasteiger charge is -2.06. The van der Waals surface area contributed by atoms with Crippen molar-refractivity contribution < 1.29 is 9.53 Å². The number of nitrogens with zero attached hydrogens (tertiary/aromatic N) is 1. The van der Waals surface area contributed by atoms with Crippen molar-refractivity contribution in [2.75, 3.05) is 6.54 Å². The maximum absolute atomic E-state index is 11.9.